The van der Waals surface area contributed by atoms with Gasteiger partial charge < -0.3 is 10.2 Å². The topological polar surface area (TPSA) is 95.7 Å². The summed E-state index contributed by atoms with van der Waals surface area (Å²) in [4.78, 5) is 11.9. The minimum Gasteiger partial charge on any atom is -0.469 e. The number of aryl methyl sites for hydroxylation is 3. The van der Waals surface area contributed by atoms with Gasteiger partial charge in [-0.25, -0.2) is 9.97 Å². The van der Waals surface area contributed by atoms with Crippen molar-refractivity contribution in [1.82, 2.24) is 24.7 Å². The maximum Gasteiger partial charge on any atom is 0.196 e. The Bertz CT molecular complexity index is 1450. The van der Waals surface area contributed by atoms with Crippen molar-refractivity contribution in [3.63, 3.8) is 0 Å². The van der Waals surface area contributed by atoms with Gasteiger partial charge in [-0.05, 0) is 56.4 Å². The zero-order valence-corrected chi connectivity index (χ0v) is 19.7. The molecule has 166 valence electrons. The third kappa shape index (κ3) is 3.61. The molecule has 1 aliphatic carbocycles. The molecule has 0 spiro atoms. The third-order valence-electron chi connectivity index (χ3n) is 5.97. The largest absolute Gasteiger partial charge is 0.469 e. The molecule has 0 fully saturated rings. The normalized spacial score (nSPS) is 13.5. The van der Waals surface area contributed by atoms with Crippen LogP contribution in [0.5, 0.6) is 0 Å². The van der Waals surface area contributed by atoms with Crippen molar-refractivity contribution in [3.05, 3.63) is 64.7 Å². The molecule has 0 atom stereocenters. The number of thiophene rings is 1. The van der Waals surface area contributed by atoms with E-state index in [1.807, 2.05) is 47.9 Å². The molecule has 0 saturated carbocycles. The van der Waals surface area contributed by atoms with Crippen molar-refractivity contribution < 1.29 is 4.42 Å². The number of nitrogen functional groups attached to an aromatic ring is 1. The lowest BCUT2D eigenvalue weighted by atomic mass is 9.97. The van der Waals surface area contributed by atoms with E-state index in [2.05, 4.69) is 15.2 Å². The molecule has 9 heteroatoms. The van der Waals surface area contributed by atoms with Crippen LogP contribution in [0.4, 0.5) is 5.82 Å². The van der Waals surface area contributed by atoms with Gasteiger partial charge in [0.15, 0.2) is 11.0 Å². The first kappa shape index (κ1) is 20.4. The third-order valence-corrected chi connectivity index (χ3v) is 8.08. The molecule has 1 aromatic carbocycles. The number of nitrogens with zero attached hydrogens (tertiary/aromatic N) is 5. The van der Waals surface area contributed by atoms with Gasteiger partial charge in [0.2, 0.25) is 0 Å². The predicted octanol–water partition coefficient (Wildman–Crippen LogP) is 5.59. The van der Waals surface area contributed by atoms with Gasteiger partial charge in [-0.2, -0.15) is 0 Å². The molecule has 33 heavy (non-hydrogen) atoms. The Morgan fingerprint density at radius 1 is 1.09 bits per heavy atom. The van der Waals surface area contributed by atoms with E-state index in [1.165, 1.54) is 23.3 Å². The van der Waals surface area contributed by atoms with Crippen molar-refractivity contribution in [2.75, 3.05) is 5.73 Å². The number of rotatable bonds is 5. The first-order valence-corrected chi connectivity index (χ1v) is 12.7. The van der Waals surface area contributed by atoms with Gasteiger partial charge >= 0.3 is 0 Å². The number of hydrogen-bond acceptors (Lipinski definition) is 8. The highest BCUT2D eigenvalue weighted by Gasteiger charge is 2.22. The van der Waals surface area contributed by atoms with Crippen LogP contribution in [0.25, 0.3) is 27.3 Å². The fourth-order valence-electron chi connectivity index (χ4n) is 4.39. The van der Waals surface area contributed by atoms with Crippen molar-refractivity contribution in [3.8, 4) is 17.1 Å². The first-order valence-electron chi connectivity index (χ1n) is 10.9. The molecule has 2 N–H and O–H groups in total. The number of hydrogen-bond donors (Lipinski definition) is 1. The molecule has 0 radical (unpaired) electrons. The molecule has 0 aliphatic heterocycles. The molecule has 7 nitrogen and oxygen atoms in total. The number of aromatic nitrogens is 5. The van der Waals surface area contributed by atoms with E-state index in [-0.39, 0.29) is 0 Å². The summed E-state index contributed by atoms with van der Waals surface area (Å²) in [5.74, 6) is 3.41. The van der Waals surface area contributed by atoms with Crippen LogP contribution in [0.2, 0.25) is 0 Å². The lowest BCUT2D eigenvalue weighted by Crippen LogP contribution is -2.03. The van der Waals surface area contributed by atoms with Crippen LogP contribution in [0.1, 0.15) is 34.9 Å². The molecule has 0 bridgehead atoms. The van der Waals surface area contributed by atoms with E-state index in [0.717, 1.165) is 51.1 Å². The minimum atomic E-state index is 0.554. The standard InChI is InChI=1S/C24H22N6OS2/c1-14-16(11-12-31-14)22-28-29-24(30(22)15-7-3-2-4-8-15)32-13-19-26-21(25)20-17-9-5-6-10-18(17)33-23(20)27-19/h2-4,7-8,11-12H,5-6,9-10,13H2,1H3,(H2,25,26,27). The number of benzene rings is 1. The van der Waals surface area contributed by atoms with Crippen molar-refractivity contribution in [2.45, 2.75) is 43.5 Å². The van der Waals surface area contributed by atoms with Gasteiger partial charge in [-0.15, -0.1) is 21.5 Å². The summed E-state index contributed by atoms with van der Waals surface area (Å²) in [6, 6.07) is 12.0. The second kappa shape index (κ2) is 8.31. The molecule has 1 aliphatic rings. The van der Waals surface area contributed by atoms with Crippen LogP contribution in [0, 0.1) is 6.92 Å². The van der Waals surface area contributed by atoms with Crippen molar-refractivity contribution in [1.29, 1.82) is 0 Å². The Balaban J connectivity index is 1.36. The number of anilines is 1. The second-order valence-electron chi connectivity index (χ2n) is 8.07. The highest BCUT2D eigenvalue weighted by Crippen LogP contribution is 2.38. The van der Waals surface area contributed by atoms with E-state index in [9.17, 15) is 0 Å². The van der Waals surface area contributed by atoms with Gasteiger partial charge in [0.1, 0.15) is 22.2 Å². The van der Waals surface area contributed by atoms with Crippen LogP contribution < -0.4 is 5.73 Å². The quantitative estimate of drug-likeness (QED) is 0.332. The molecule has 4 aromatic heterocycles. The smallest absolute Gasteiger partial charge is 0.196 e. The maximum atomic E-state index is 6.40. The highest BCUT2D eigenvalue weighted by molar-refractivity contribution is 7.98. The van der Waals surface area contributed by atoms with Gasteiger partial charge in [0.05, 0.1) is 23.0 Å². The maximum absolute atomic E-state index is 6.40. The molecule has 0 amide bonds. The van der Waals surface area contributed by atoms with Crippen molar-refractivity contribution in [2.24, 2.45) is 0 Å². The van der Waals surface area contributed by atoms with E-state index in [0.29, 0.717) is 17.4 Å². The average Bonchev–Trinajstić information content (AvgIpc) is 3.54. The summed E-state index contributed by atoms with van der Waals surface area (Å²) in [6.07, 6.45) is 6.32. The number of furan rings is 1. The molecular formula is C24H22N6OS2. The summed E-state index contributed by atoms with van der Waals surface area (Å²) in [7, 11) is 0. The Hall–Kier alpha value is -3.17. The lowest BCUT2D eigenvalue weighted by molar-refractivity contribution is 0.535. The Labute approximate surface area is 199 Å². The molecule has 6 rings (SSSR count). The zero-order valence-electron chi connectivity index (χ0n) is 18.1. The number of nitrogens with two attached hydrogens (primary N) is 1. The number of thioether (sulfide) groups is 1. The van der Waals surface area contributed by atoms with Crippen LogP contribution in [0.3, 0.4) is 0 Å². The summed E-state index contributed by atoms with van der Waals surface area (Å²) in [5, 5.41) is 10.8. The zero-order chi connectivity index (χ0) is 22.4. The summed E-state index contributed by atoms with van der Waals surface area (Å²) in [6.45, 7) is 1.93. The summed E-state index contributed by atoms with van der Waals surface area (Å²) in [5.41, 5.74) is 9.67. The fourth-order valence-corrected chi connectivity index (χ4v) is 6.48. The summed E-state index contributed by atoms with van der Waals surface area (Å²) >= 11 is 3.32. The van der Waals surface area contributed by atoms with Gasteiger partial charge in [-0.3, -0.25) is 4.57 Å². The fraction of sp³-hybridized carbons (Fsp3) is 0.250. The molecule has 4 heterocycles. The van der Waals surface area contributed by atoms with Crippen LogP contribution in [-0.4, -0.2) is 24.7 Å². The highest BCUT2D eigenvalue weighted by atomic mass is 32.2. The van der Waals surface area contributed by atoms with Gasteiger partial charge in [0, 0.05) is 10.6 Å². The predicted molar refractivity (Wildman–Crippen MR) is 132 cm³/mol. The minimum absolute atomic E-state index is 0.554. The second-order valence-corrected chi connectivity index (χ2v) is 10.1. The Morgan fingerprint density at radius 3 is 2.76 bits per heavy atom. The van der Waals surface area contributed by atoms with E-state index < -0.39 is 0 Å². The molecule has 0 saturated heterocycles. The SMILES string of the molecule is Cc1occc1-c1nnc(SCc2nc(N)c3c4c(sc3n2)CCCC4)n1-c1ccccc1. The van der Waals surface area contributed by atoms with Gasteiger partial charge in [0.25, 0.3) is 0 Å². The lowest BCUT2D eigenvalue weighted by Gasteiger charge is -2.11. The first-order chi connectivity index (χ1) is 16.2. The Morgan fingerprint density at radius 2 is 1.94 bits per heavy atom. The van der Waals surface area contributed by atoms with E-state index in [4.69, 9.17) is 15.1 Å². The Kier molecular flexibility index (Phi) is 5.15. The van der Waals surface area contributed by atoms with Crippen LogP contribution in [-0.2, 0) is 18.6 Å². The van der Waals surface area contributed by atoms with Crippen LogP contribution in [0.15, 0.2) is 52.2 Å². The van der Waals surface area contributed by atoms with Gasteiger partial charge in [-0.1, -0.05) is 30.0 Å². The molecule has 5 aromatic rings. The average molecular weight is 475 g/mol. The van der Waals surface area contributed by atoms with E-state index >= 15 is 0 Å². The number of fused-ring (bicyclic) bond motifs is 3. The number of para-hydroxylation sites is 1. The molecular weight excluding hydrogens is 452 g/mol. The van der Waals surface area contributed by atoms with E-state index in [1.54, 1.807) is 29.4 Å². The molecule has 0 unspecified atom stereocenters. The summed E-state index contributed by atoms with van der Waals surface area (Å²) < 4.78 is 7.57. The van der Waals surface area contributed by atoms with Crippen molar-refractivity contribution >= 4 is 39.1 Å². The monoisotopic (exact) mass is 474 g/mol. The van der Waals surface area contributed by atoms with Crippen LogP contribution >= 0.6 is 23.1 Å².